The fourth-order valence-electron chi connectivity index (χ4n) is 2.51. The van der Waals surface area contributed by atoms with Gasteiger partial charge in [0.05, 0.1) is 21.3 Å². The molecule has 3 rings (SSSR count). The van der Waals surface area contributed by atoms with Gasteiger partial charge < -0.3 is 23.8 Å². The molecular formula is C18H17NO5. The molecule has 0 radical (unpaired) electrons. The lowest BCUT2D eigenvalue weighted by molar-refractivity contribution is 0.324. The van der Waals surface area contributed by atoms with Crippen LogP contribution in [0.1, 0.15) is 0 Å². The van der Waals surface area contributed by atoms with Gasteiger partial charge in [-0.3, -0.25) is 0 Å². The van der Waals surface area contributed by atoms with Crippen LogP contribution in [0, 0.1) is 0 Å². The molecule has 0 aliphatic rings. The molecule has 0 amide bonds. The number of methoxy groups -OCH3 is 3. The monoisotopic (exact) mass is 327 g/mol. The van der Waals surface area contributed by atoms with Crippen molar-refractivity contribution in [2.24, 2.45) is 0 Å². The van der Waals surface area contributed by atoms with Crippen molar-refractivity contribution < 1.29 is 23.8 Å². The quantitative estimate of drug-likeness (QED) is 0.769. The van der Waals surface area contributed by atoms with Crippen molar-refractivity contribution in [3.8, 4) is 45.4 Å². The lowest BCUT2D eigenvalue weighted by atomic mass is 10.0. The van der Waals surface area contributed by atoms with Crippen LogP contribution in [0.4, 0.5) is 0 Å². The number of aromatic nitrogens is 1. The lowest BCUT2D eigenvalue weighted by Gasteiger charge is -2.13. The summed E-state index contributed by atoms with van der Waals surface area (Å²) in [5, 5.41) is 13.6. The summed E-state index contributed by atoms with van der Waals surface area (Å²) in [6.07, 6.45) is 1.56. The van der Waals surface area contributed by atoms with Crippen molar-refractivity contribution in [1.29, 1.82) is 0 Å². The van der Waals surface area contributed by atoms with E-state index in [1.165, 1.54) is 0 Å². The van der Waals surface area contributed by atoms with Crippen LogP contribution in [0.15, 0.2) is 47.2 Å². The number of nitrogens with zero attached hydrogens (tertiary/aromatic N) is 1. The summed E-state index contributed by atoms with van der Waals surface area (Å²) in [6, 6.07) is 10.4. The lowest BCUT2D eigenvalue weighted by Crippen LogP contribution is -1.96. The van der Waals surface area contributed by atoms with Gasteiger partial charge >= 0.3 is 0 Å². The fraction of sp³-hybridized carbons (Fsp3) is 0.167. The molecule has 0 atom stereocenters. The first-order valence-electron chi connectivity index (χ1n) is 7.22. The predicted molar refractivity (Wildman–Crippen MR) is 88.7 cm³/mol. The van der Waals surface area contributed by atoms with Crippen LogP contribution in [0.5, 0.6) is 23.0 Å². The normalized spacial score (nSPS) is 10.5. The molecule has 2 aromatic carbocycles. The van der Waals surface area contributed by atoms with E-state index in [-0.39, 0.29) is 5.75 Å². The third-order valence-corrected chi connectivity index (χ3v) is 3.69. The predicted octanol–water partition coefficient (Wildman–Crippen LogP) is 3.74. The van der Waals surface area contributed by atoms with E-state index in [1.54, 1.807) is 51.9 Å². The second-order valence-electron chi connectivity index (χ2n) is 5.04. The smallest absolute Gasteiger partial charge is 0.203 e. The molecule has 124 valence electrons. The largest absolute Gasteiger partial charge is 0.508 e. The van der Waals surface area contributed by atoms with E-state index in [0.717, 1.165) is 16.7 Å². The maximum absolute atomic E-state index is 9.45. The van der Waals surface area contributed by atoms with Crippen LogP contribution in [-0.2, 0) is 0 Å². The Hall–Kier alpha value is -3.15. The molecule has 0 saturated heterocycles. The van der Waals surface area contributed by atoms with Gasteiger partial charge in [0.2, 0.25) is 5.75 Å². The zero-order chi connectivity index (χ0) is 17.1. The molecule has 6 heteroatoms. The molecule has 1 aromatic heterocycles. The summed E-state index contributed by atoms with van der Waals surface area (Å²) in [4.78, 5) is 0. The Morgan fingerprint density at radius 2 is 1.50 bits per heavy atom. The third kappa shape index (κ3) is 2.74. The highest BCUT2D eigenvalue weighted by atomic mass is 16.5. The molecule has 3 aromatic rings. The Morgan fingerprint density at radius 3 is 2.04 bits per heavy atom. The first-order valence-corrected chi connectivity index (χ1v) is 7.22. The average molecular weight is 327 g/mol. The summed E-state index contributed by atoms with van der Waals surface area (Å²) >= 11 is 0. The number of rotatable bonds is 5. The number of phenolic OH excluding ortho intramolecular Hbond substituents is 1. The zero-order valence-corrected chi connectivity index (χ0v) is 13.6. The minimum Gasteiger partial charge on any atom is -0.508 e. The molecule has 0 saturated carbocycles. The second-order valence-corrected chi connectivity index (χ2v) is 5.04. The standard InChI is InChI=1S/C18H17NO5/c1-21-15-8-12(9-16(22-2)18(15)23-3)17-14(10-24-19-17)11-4-6-13(20)7-5-11/h4-10,20H,1-3H3. The van der Waals surface area contributed by atoms with Gasteiger partial charge in [-0.1, -0.05) is 17.3 Å². The van der Waals surface area contributed by atoms with E-state index in [9.17, 15) is 5.11 Å². The van der Waals surface area contributed by atoms with Crippen molar-refractivity contribution in [2.75, 3.05) is 21.3 Å². The first kappa shape index (κ1) is 15.7. The molecule has 0 bridgehead atoms. The average Bonchev–Trinajstić information content (AvgIpc) is 3.10. The third-order valence-electron chi connectivity index (χ3n) is 3.69. The van der Waals surface area contributed by atoms with E-state index in [1.807, 2.05) is 12.1 Å². The summed E-state index contributed by atoms with van der Waals surface area (Å²) in [5.41, 5.74) is 3.07. The SMILES string of the molecule is COc1cc(-c2nocc2-c2ccc(O)cc2)cc(OC)c1OC. The van der Waals surface area contributed by atoms with E-state index < -0.39 is 0 Å². The number of benzene rings is 2. The van der Waals surface area contributed by atoms with Crippen LogP contribution >= 0.6 is 0 Å². The van der Waals surface area contributed by atoms with Crippen LogP contribution in [-0.4, -0.2) is 31.6 Å². The van der Waals surface area contributed by atoms with Gasteiger partial charge in [0.25, 0.3) is 0 Å². The van der Waals surface area contributed by atoms with E-state index in [4.69, 9.17) is 18.7 Å². The van der Waals surface area contributed by atoms with Gasteiger partial charge in [0.15, 0.2) is 11.5 Å². The highest BCUT2D eigenvalue weighted by Crippen LogP contribution is 2.42. The Labute approximate surface area is 139 Å². The van der Waals surface area contributed by atoms with Crippen LogP contribution < -0.4 is 14.2 Å². The van der Waals surface area contributed by atoms with E-state index in [2.05, 4.69) is 5.16 Å². The van der Waals surface area contributed by atoms with Gasteiger partial charge in [-0.05, 0) is 29.8 Å². The highest BCUT2D eigenvalue weighted by molar-refractivity contribution is 5.82. The van der Waals surface area contributed by atoms with Crippen molar-refractivity contribution in [2.45, 2.75) is 0 Å². The minimum atomic E-state index is 0.199. The van der Waals surface area contributed by atoms with E-state index >= 15 is 0 Å². The molecule has 0 aliphatic heterocycles. The molecule has 0 aliphatic carbocycles. The molecule has 24 heavy (non-hydrogen) atoms. The number of ether oxygens (including phenoxy) is 3. The maximum Gasteiger partial charge on any atom is 0.203 e. The minimum absolute atomic E-state index is 0.199. The number of hydrogen-bond donors (Lipinski definition) is 1. The van der Waals surface area contributed by atoms with E-state index in [0.29, 0.717) is 22.9 Å². The zero-order valence-electron chi connectivity index (χ0n) is 13.6. The molecule has 1 heterocycles. The van der Waals surface area contributed by atoms with Gasteiger partial charge in [0.1, 0.15) is 17.7 Å². The number of hydrogen-bond acceptors (Lipinski definition) is 6. The summed E-state index contributed by atoms with van der Waals surface area (Å²) in [5.74, 6) is 1.78. The van der Waals surface area contributed by atoms with Gasteiger partial charge in [-0.15, -0.1) is 0 Å². The summed E-state index contributed by atoms with van der Waals surface area (Å²) in [7, 11) is 4.67. The summed E-state index contributed by atoms with van der Waals surface area (Å²) in [6.45, 7) is 0. The molecule has 0 fully saturated rings. The first-order chi connectivity index (χ1) is 11.7. The Morgan fingerprint density at radius 1 is 0.875 bits per heavy atom. The summed E-state index contributed by atoms with van der Waals surface area (Å²) < 4.78 is 21.3. The second kappa shape index (κ2) is 6.54. The van der Waals surface area contributed by atoms with Crippen LogP contribution in [0.3, 0.4) is 0 Å². The maximum atomic E-state index is 9.45. The highest BCUT2D eigenvalue weighted by Gasteiger charge is 2.18. The van der Waals surface area contributed by atoms with Crippen molar-refractivity contribution in [1.82, 2.24) is 5.16 Å². The number of phenols is 1. The molecule has 1 N–H and O–H groups in total. The molecule has 6 nitrogen and oxygen atoms in total. The van der Waals surface area contributed by atoms with Gasteiger partial charge in [-0.25, -0.2) is 0 Å². The van der Waals surface area contributed by atoms with Crippen LogP contribution in [0.25, 0.3) is 22.4 Å². The Kier molecular flexibility index (Phi) is 4.29. The number of aromatic hydroxyl groups is 1. The van der Waals surface area contributed by atoms with Crippen molar-refractivity contribution >= 4 is 0 Å². The topological polar surface area (TPSA) is 74.0 Å². The molecular weight excluding hydrogens is 310 g/mol. The Balaban J connectivity index is 2.14. The molecule has 0 unspecified atom stereocenters. The van der Waals surface area contributed by atoms with Gasteiger partial charge in [-0.2, -0.15) is 0 Å². The van der Waals surface area contributed by atoms with Gasteiger partial charge in [0, 0.05) is 11.1 Å². The fourth-order valence-corrected chi connectivity index (χ4v) is 2.51. The van der Waals surface area contributed by atoms with Crippen LogP contribution in [0.2, 0.25) is 0 Å². The van der Waals surface area contributed by atoms with Crippen molar-refractivity contribution in [3.05, 3.63) is 42.7 Å². The Bertz CT molecular complexity index is 814. The van der Waals surface area contributed by atoms with Crippen molar-refractivity contribution in [3.63, 3.8) is 0 Å². The molecule has 0 spiro atoms.